The van der Waals surface area contributed by atoms with E-state index in [0.29, 0.717) is 25.1 Å². The molecular formula is C18H25ClN2O4S. The number of methoxy groups -OCH3 is 1. The topological polar surface area (TPSA) is 75.7 Å². The molecule has 2 aliphatic rings. The van der Waals surface area contributed by atoms with Crippen molar-refractivity contribution in [2.24, 2.45) is 5.92 Å². The van der Waals surface area contributed by atoms with Crippen LogP contribution in [0.2, 0.25) is 5.02 Å². The summed E-state index contributed by atoms with van der Waals surface area (Å²) in [6.07, 6.45) is 5.72. The van der Waals surface area contributed by atoms with Crippen LogP contribution < -0.4 is 10.1 Å². The van der Waals surface area contributed by atoms with E-state index in [0.717, 1.165) is 25.7 Å². The molecular weight excluding hydrogens is 376 g/mol. The number of rotatable bonds is 5. The van der Waals surface area contributed by atoms with E-state index in [-0.39, 0.29) is 34.3 Å². The van der Waals surface area contributed by atoms with Crippen molar-refractivity contribution in [2.75, 3.05) is 20.2 Å². The summed E-state index contributed by atoms with van der Waals surface area (Å²) >= 11 is 6.08. The Bertz CT molecular complexity index is 762. The van der Waals surface area contributed by atoms with E-state index in [4.69, 9.17) is 16.3 Å². The Hall–Kier alpha value is -1.31. The lowest BCUT2D eigenvalue weighted by molar-refractivity contribution is -0.126. The third-order valence-electron chi connectivity index (χ3n) is 5.22. The van der Waals surface area contributed by atoms with Crippen LogP contribution >= 0.6 is 11.6 Å². The molecule has 3 rings (SSSR count). The highest BCUT2D eigenvalue weighted by Gasteiger charge is 2.34. The first-order valence-electron chi connectivity index (χ1n) is 9.06. The number of piperidine rings is 1. The van der Waals surface area contributed by atoms with Gasteiger partial charge in [-0.2, -0.15) is 4.31 Å². The van der Waals surface area contributed by atoms with E-state index in [2.05, 4.69) is 5.32 Å². The molecule has 1 N–H and O–H groups in total. The fourth-order valence-electron chi connectivity index (χ4n) is 3.72. The lowest BCUT2D eigenvalue weighted by atomic mass is 9.98. The summed E-state index contributed by atoms with van der Waals surface area (Å²) in [7, 11) is -2.21. The largest absolute Gasteiger partial charge is 0.495 e. The zero-order valence-corrected chi connectivity index (χ0v) is 16.5. The van der Waals surface area contributed by atoms with Crippen LogP contribution in [0.3, 0.4) is 0 Å². The van der Waals surface area contributed by atoms with Crippen molar-refractivity contribution in [1.82, 2.24) is 9.62 Å². The van der Waals surface area contributed by atoms with E-state index in [9.17, 15) is 13.2 Å². The first-order chi connectivity index (χ1) is 12.4. The van der Waals surface area contributed by atoms with E-state index in [1.807, 2.05) is 0 Å². The van der Waals surface area contributed by atoms with Crippen molar-refractivity contribution in [3.63, 3.8) is 0 Å². The number of nitrogens with one attached hydrogen (secondary N) is 1. The van der Waals surface area contributed by atoms with Crippen LogP contribution in [0, 0.1) is 5.92 Å². The van der Waals surface area contributed by atoms with E-state index >= 15 is 0 Å². The van der Waals surface area contributed by atoms with Gasteiger partial charge in [0.05, 0.1) is 22.9 Å². The predicted octanol–water partition coefficient (Wildman–Crippen LogP) is 2.81. The van der Waals surface area contributed by atoms with Gasteiger partial charge >= 0.3 is 0 Å². The number of hydrogen-bond acceptors (Lipinski definition) is 4. The highest BCUT2D eigenvalue weighted by atomic mass is 35.5. The zero-order chi connectivity index (χ0) is 18.7. The average Bonchev–Trinajstić information content (AvgIpc) is 3.14. The van der Waals surface area contributed by atoms with Crippen LogP contribution in [0.15, 0.2) is 23.1 Å². The molecule has 1 saturated heterocycles. The minimum absolute atomic E-state index is 0.0236. The van der Waals surface area contributed by atoms with Crippen molar-refractivity contribution < 1.29 is 17.9 Å². The average molecular weight is 401 g/mol. The molecule has 1 saturated carbocycles. The number of hydrogen-bond donors (Lipinski definition) is 1. The minimum atomic E-state index is -3.69. The molecule has 1 aliphatic heterocycles. The minimum Gasteiger partial charge on any atom is -0.495 e. The Morgan fingerprint density at radius 2 is 1.96 bits per heavy atom. The predicted molar refractivity (Wildman–Crippen MR) is 99.9 cm³/mol. The second-order valence-corrected chi connectivity index (χ2v) is 9.33. The summed E-state index contributed by atoms with van der Waals surface area (Å²) in [5.74, 6) is 0.107. The second kappa shape index (κ2) is 8.15. The fraction of sp³-hybridized carbons (Fsp3) is 0.611. The molecule has 0 aromatic heterocycles. The summed E-state index contributed by atoms with van der Waals surface area (Å²) in [4.78, 5) is 12.7. The van der Waals surface area contributed by atoms with E-state index in [1.165, 1.54) is 23.5 Å². The molecule has 144 valence electrons. The van der Waals surface area contributed by atoms with Crippen LogP contribution in [0.25, 0.3) is 0 Å². The monoisotopic (exact) mass is 400 g/mol. The van der Waals surface area contributed by atoms with Crippen LogP contribution in [-0.4, -0.2) is 44.9 Å². The first kappa shape index (κ1) is 19.5. The van der Waals surface area contributed by atoms with Gasteiger partial charge in [0.15, 0.2) is 0 Å². The standard InChI is InChI=1S/C18H25ClN2O4S/c1-25-17-9-8-15(11-16(17)19)26(23,24)21-10-4-5-13(12-21)18(22)20-14-6-2-3-7-14/h8-9,11,13-14H,2-7,10,12H2,1H3,(H,20,22)/t13-/m1/s1. The van der Waals surface area contributed by atoms with Crippen molar-refractivity contribution in [3.05, 3.63) is 23.2 Å². The maximum atomic E-state index is 12.9. The molecule has 2 fully saturated rings. The summed E-state index contributed by atoms with van der Waals surface area (Å²) in [6, 6.07) is 4.68. The number of carbonyl (C=O) groups is 1. The third kappa shape index (κ3) is 4.15. The van der Waals surface area contributed by atoms with Crippen LogP contribution in [0.5, 0.6) is 5.75 Å². The molecule has 1 aromatic carbocycles. The van der Waals surface area contributed by atoms with Crippen LogP contribution in [0.4, 0.5) is 0 Å². The maximum Gasteiger partial charge on any atom is 0.243 e. The Balaban J connectivity index is 1.71. The smallest absolute Gasteiger partial charge is 0.243 e. The molecule has 8 heteroatoms. The number of ether oxygens (including phenoxy) is 1. The molecule has 1 aromatic rings. The first-order valence-corrected chi connectivity index (χ1v) is 10.9. The van der Waals surface area contributed by atoms with Gasteiger partial charge in [0.25, 0.3) is 0 Å². The van der Waals surface area contributed by atoms with Gasteiger partial charge in [0, 0.05) is 19.1 Å². The molecule has 1 atom stereocenters. The molecule has 6 nitrogen and oxygen atoms in total. The highest BCUT2D eigenvalue weighted by Crippen LogP contribution is 2.30. The van der Waals surface area contributed by atoms with Gasteiger partial charge in [-0.25, -0.2) is 8.42 Å². The molecule has 1 heterocycles. The molecule has 0 spiro atoms. The maximum absolute atomic E-state index is 12.9. The molecule has 26 heavy (non-hydrogen) atoms. The van der Waals surface area contributed by atoms with Gasteiger partial charge in [-0.15, -0.1) is 0 Å². The lowest BCUT2D eigenvalue weighted by Gasteiger charge is -2.32. The van der Waals surface area contributed by atoms with Gasteiger partial charge < -0.3 is 10.1 Å². The molecule has 1 amide bonds. The summed E-state index contributed by atoms with van der Waals surface area (Å²) in [6.45, 7) is 0.629. The fourth-order valence-corrected chi connectivity index (χ4v) is 5.59. The molecule has 0 bridgehead atoms. The number of carbonyl (C=O) groups excluding carboxylic acids is 1. The Morgan fingerprint density at radius 3 is 2.62 bits per heavy atom. The SMILES string of the molecule is COc1ccc(S(=O)(=O)N2CCC[C@@H](C(=O)NC3CCCC3)C2)cc1Cl. The third-order valence-corrected chi connectivity index (χ3v) is 7.37. The Kier molecular flexibility index (Phi) is 6.10. The summed E-state index contributed by atoms with van der Waals surface area (Å²) < 4.78 is 32.4. The summed E-state index contributed by atoms with van der Waals surface area (Å²) in [5, 5.41) is 3.34. The van der Waals surface area contributed by atoms with Crippen LogP contribution in [-0.2, 0) is 14.8 Å². The second-order valence-electron chi connectivity index (χ2n) is 6.99. The normalized spacial score (nSPS) is 22.3. The van der Waals surface area contributed by atoms with Gasteiger partial charge in [0.2, 0.25) is 15.9 Å². The number of amides is 1. The zero-order valence-electron chi connectivity index (χ0n) is 14.9. The van der Waals surface area contributed by atoms with E-state index < -0.39 is 10.0 Å². The number of halogens is 1. The molecule has 1 aliphatic carbocycles. The van der Waals surface area contributed by atoms with Crippen molar-refractivity contribution in [2.45, 2.75) is 49.5 Å². The van der Waals surface area contributed by atoms with Crippen LogP contribution in [0.1, 0.15) is 38.5 Å². The number of sulfonamides is 1. The van der Waals surface area contributed by atoms with Gasteiger partial charge in [0.1, 0.15) is 5.75 Å². The van der Waals surface area contributed by atoms with Gasteiger partial charge in [-0.05, 0) is 43.9 Å². The van der Waals surface area contributed by atoms with Crippen molar-refractivity contribution in [3.8, 4) is 5.75 Å². The van der Waals surface area contributed by atoms with E-state index in [1.54, 1.807) is 6.07 Å². The van der Waals surface area contributed by atoms with Gasteiger partial charge in [-0.1, -0.05) is 24.4 Å². The summed E-state index contributed by atoms with van der Waals surface area (Å²) in [5.41, 5.74) is 0. The highest BCUT2D eigenvalue weighted by molar-refractivity contribution is 7.89. The van der Waals surface area contributed by atoms with Gasteiger partial charge in [-0.3, -0.25) is 4.79 Å². The number of nitrogens with zero attached hydrogens (tertiary/aromatic N) is 1. The number of benzene rings is 1. The molecule has 0 unspecified atom stereocenters. The van der Waals surface area contributed by atoms with Crippen molar-refractivity contribution in [1.29, 1.82) is 0 Å². The Morgan fingerprint density at radius 1 is 1.23 bits per heavy atom. The van der Waals surface area contributed by atoms with Crippen molar-refractivity contribution >= 4 is 27.5 Å². The molecule has 0 radical (unpaired) electrons. The Labute approximate surface area is 159 Å². The quantitative estimate of drug-likeness (QED) is 0.824. The lowest BCUT2D eigenvalue weighted by Crippen LogP contribution is -2.47.